The van der Waals surface area contributed by atoms with Gasteiger partial charge in [-0.2, -0.15) is 5.10 Å². The topological polar surface area (TPSA) is 59.4 Å². The summed E-state index contributed by atoms with van der Waals surface area (Å²) in [6.07, 6.45) is 2.05. The highest BCUT2D eigenvalue weighted by molar-refractivity contribution is 5.78. The van der Waals surface area contributed by atoms with E-state index < -0.39 is 0 Å². The number of nitrogens with zero attached hydrogens (tertiary/aromatic N) is 3. The fraction of sp³-hybridized carbons (Fsp3) is 0.304. The summed E-state index contributed by atoms with van der Waals surface area (Å²) in [5, 5.41) is 7.73. The summed E-state index contributed by atoms with van der Waals surface area (Å²) in [6, 6.07) is 17.9. The van der Waals surface area contributed by atoms with Crippen molar-refractivity contribution in [2.24, 2.45) is 0 Å². The van der Waals surface area contributed by atoms with Crippen LogP contribution in [-0.4, -0.2) is 47.3 Å². The van der Waals surface area contributed by atoms with E-state index in [4.69, 9.17) is 9.84 Å². The minimum absolute atomic E-state index is 0.0378. The molecule has 0 unspecified atom stereocenters. The highest BCUT2D eigenvalue weighted by Crippen LogP contribution is 2.26. The van der Waals surface area contributed by atoms with Gasteiger partial charge in [0, 0.05) is 30.4 Å². The standard InChI is InChI=1S/C23H28N4O2/c1-4-24-22(28)17-26(5-2)15-19-16-27(20-9-7-6-8-10-20)25-23(19)18-11-13-21(29-3)14-12-18/h6-14,16H,4-5,15,17H2,1-3H3,(H,24,28). The molecule has 29 heavy (non-hydrogen) atoms. The van der Waals surface area contributed by atoms with Gasteiger partial charge in [-0.1, -0.05) is 25.1 Å². The number of carbonyl (C=O) groups excluding carboxylic acids is 1. The number of amides is 1. The molecule has 2 aromatic carbocycles. The van der Waals surface area contributed by atoms with E-state index in [1.54, 1.807) is 7.11 Å². The SMILES string of the molecule is CCNC(=O)CN(CC)Cc1cn(-c2ccccc2)nc1-c1ccc(OC)cc1. The van der Waals surface area contributed by atoms with Crippen molar-refractivity contribution < 1.29 is 9.53 Å². The number of para-hydroxylation sites is 1. The van der Waals surface area contributed by atoms with Crippen molar-refractivity contribution >= 4 is 5.91 Å². The zero-order chi connectivity index (χ0) is 20.6. The second-order valence-electron chi connectivity index (χ2n) is 6.77. The predicted octanol–water partition coefficient (Wildman–Crippen LogP) is 3.51. The molecule has 1 amide bonds. The minimum Gasteiger partial charge on any atom is -0.497 e. The Bertz CT molecular complexity index is 920. The second-order valence-corrected chi connectivity index (χ2v) is 6.77. The first-order valence-corrected chi connectivity index (χ1v) is 9.92. The predicted molar refractivity (Wildman–Crippen MR) is 115 cm³/mol. The third-order valence-corrected chi connectivity index (χ3v) is 4.76. The quantitative estimate of drug-likeness (QED) is 0.605. The molecule has 3 aromatic rings. The van der Waals surface area contributed by atoms with Crippen molar-refractivity contribution in [3.63, 3.8) is 0 Å². The average molecular weight is 393 g/mol. The van der Waals surface area contributed by atoms with E-state index in [-0.39, 0.29) is 5.91 Å². The third-order valence-electron chi connectivity index (χ3n) is 4.76. The van der Waals surface area contributed by atoms with E-state index in [0.717, 1.165) is 34.8 Å². The van der Waals surface area contributed by atoms with Crippen LogP contribution < -0.4 is 10.1 Å². The van der Waals surface area contributed by atoms with Crippen molar-refractivity contribution in [1.29, 1.82) is 0 Å². The van der Waals surface area contributed by atoms with Crippen LogP contribution in [0.2, 0.25) is 0 Å². The minimum atomic E-state index is 0.0378. The van der Waals surface area contributed by atoms with Crippen molar-refractivity contribution in [1.82, 2.24) is 20.0 Å². The van der Waals surface area contributed by atoms with E-state index in [0.29, 0.717) is 19.6 Å². The average Bonchev–Trinajstić information content (AvgIpc) is 3.18. The zero-order valence-electron chi connectivity index (χ0n) is 17.3. The maximum absolute atomic E-state index is 12.1. The summed E-state index contributed by atoms with van der Waals surface area (Å²) in [4.78, 5) is 14.2. The maximum Gasteiger partial charge on any atom is 0.234 e. The molecular weight excluding hydrogens is 364 g/mol. The summed E-state index contributed by atoms with van der Waals surface area (Å²) < 4.78 is 7.18. The van der Waals surface area contributed by atoms with Crippen LogP contribution in [-0.2, 0) is 11.3 Å². The van der Waals surface area contributed by atoms with Crippen LogP contribution >= 0.6 is 0 Å². The smallest absolute Gasteiger partial charge is 0.234 e. The lowest BCUT2D eigenvalue weighted by Crippen LogP contribution is -2.36. The largest absolute Gasteiger partial charge is 0.497 e. The van der Waals surface area contributed by atoms with E-state index >= 15 is 0 Å². The van der Waals surface area contributed by atoms with Gasteiger partial charge in [0.05, 0.1) is 25.0 Å². The van der Waals surface area contributed by atoms with Gasteiger partial charge < -0.3 is 10.1 Å². The van der Waals surface area contributed by atoms with Gasteiger partial charge in [0.25, 0.3) is 0 Å². The van der Waals surface area contributed by atoms with Gasteiger partial charge in [0.1, 0.15) is 5.75 Å². The Morgan fingerprint density at radius 3 is 2.45 bits per heavy atom. The lowest BCUT2D eigenvalue weighted by molar-refractivity contribution is -0.122. The Labute approximate surface area is 172 Å². The molecule has 1 N–H and O–H groups in total. The number of methoxy groups -OCH3 is 1. The van der Waals surface area contributed by atoms with Crippen LogP contribution in [0.5, 0.6) is 5.75 Å². The van der Waals surface area contributed by atoms with Crippen molar-refractivity contribution in [3.05, 3.63) is 66.4 Å². The number of aromatic nitrogens is 2. The molecule has 0 atom stereocenters. The molecule has 1 aromatic heterocycles. The first kappa shape index (κ1) is 20.6. The Kier molecular flexibility index (Phi) is 7.03. The molecule has 6 nitrogen and oxygen atoms in total. The first-order chi connectivity index (χ1) is 14.1. The lowest BCUT2D eigenvalue weighted by Gasteiger charge is -2.19. The molecule has 0 bridgehead atoms. The van der Waals surface area contributed by atoms with Gasteiger partial charge in [-0.3, -0.25) is 9.69 Å². The van der Waals surface area contributed by atoms with Gasteiger partial charge in [0.15, 0.2) is 0 Å². The number of benzene rings is 2. The van der Waals surface area contributed by atoms with Crippen LogP contribution in [0.3, 0.4) is 0 Å². The second kappa shape index (κ2) is 9.89. The summed E-state index contributed by atoms with van der Waals surface area (Å²) in [5.74, 6) is 0.847. The highest BCUT2D eigenvalue weighted by atomic mass is 16.5. The molecule has 0 saturated heterocycles. The fourth-order valence-corrected chi connectivity index (χ4v) is 3.21. The Balaban J connectivity index is 1.94. The molecule has 0 saturated carbocycles. The van der Waals surface area contributed by atoms with Crippen LogP contribution in [0.15, 0.2) is 60.8 Å². The molecule has 3 rings (SSSR count). The number of ether oxygens (including phenoxy) is 1. The zero-order valence-corrected chi connectivity index (χ0v) is 17.3. The normalized spacial score (nSPS) is 10.9. The summed E-state index contributed by atoms with van der Waals surface area (Å²) in [7, 11) is 1.66. The number of carbonyl (C=O) groups is 1. The molecule has 152 valence electrons. The monoisotopic (exact) mass is 392 g/mol. The highest BCUT2D eigenvalue weighted by Gasteiger charge is 2.17. The van der Waals surface area contributed by atoms with Crippen LogP contribution in [0.1, 0.15) is 19.4 Å². The van der Waals surface area contributed by atoms with Gasteiger partial charge in [-0.15, -0.1) is 0 Å². The molecule has 0 radical (unpaired) electrons. The maximum atomic E-state index is 12.1. The molecule has 0 aliphatic rings. The van der Waals surface area contributed by atoms with Crippen molar-refractivity contribution in [3.8, 4) is 22.7 Å². The van der Waals surface area contributed by atoms with Crippen LogP contribution in [0, 0.1) is 0 Å². The van der Waals surface area contributed by atoms with Gasteiger partial charge in [-0.25, -0.2) is 4.68 Å². The third kappa shape index (κ3) is 5.23. The van der Waals surface area contributed by atoms with E-state index in [1.165, 1.54) is 0 Å². The molecule has 0 fully saturated rings. The number of nitrogens with one attached hydrogen (secondary N) is 1. The fourth-order valence-electron chi connectivity index (χ4n) is 3.21. The molecule has 1 heterocycles. The van der Waals surface area contributed by atoms with Gasteiger partial charge in [-0.05, 0) is 49.9 Å². The summed E-state index contributed by atoms with van der Waals surface area (Å²) in [6.45, 7) is 6.41. The van der Waals surface area contributed by atoms with Gasteiger partial charge in [0.2, 0.25) is 5.91 Å². The van der Waals surface area contributed by atoms with Crippen molar-refractivity contribution in [2.75, 3.05) is 26.7 Å². The Morgan fingerprint density at radius 1 is 1.10 bits per heavy atom. The number of hydrogen-bond acceptors (Lipinski definition) is 4. The number of rotatable bonds is 9. The summed E-state index contributed by atoms with van der Waals surface area (Å²) in [5.41, 5.74) is 4.00. The molecular formula is C23H28N4O2. The van der Waals surface area contributed by atoms with E-state index in [2.05, 4.69) is 23.3 Å². The van der Waals surface area contributed by atoms with Crippen molar-refractivity contribution in [2.45, 2.75) is 20.4 Å². The molecule has 0 aliphatic heterocycles. The number of hydrogen-bond donors (Lipinski definition) is 1. The van der Waals surface area contributed by atoms with Gasteiger partial charge >= 0.3 is 0 Å². The van der Waals surface area contributed by atoms with Crippen LogP contribution in [0.25, 0.3) is 16.9 Å². The first-order valence-electron chi connectivity index (χ1n) is 9.92. The Morgan fingerprint density at radius 2 is 1.83 bits per heavy atom. The molecule has 0 aliphatic carbocycles. The molecule has 0 spiro atoms. The van der Waals surface area contributed by atoms with E-state index in [9.17, 15) is 4.79 Å². The number of likely N-dealkylation sites (N-methyl/N-ethyl adjacent to an activating group) is 2. The molecule has 6 heteroatoms. The summed E-state index contributed by atoms with van der Waals surface area (Å²) >= 11 is 0. The van der Waals surface area contributed by atoms with Crippen LogP contribution in [0.4, 0.5) is 0 Å². The van der Waals surface area contributed by atoms with E-state index in [1.807, 2.05) is 66.2 Å². The Hall–Kier alpha value is -3.12. The lowest BCUT2D eigenvalue weighted by atomic mass is 10.1.